The Labute approximate surface area is 151 Å². The highest BCUT2D eigenvalue weighted by molar-refractivity contribution is 7.22. The zero-order chi connectivity index (χ0) is 15.9. The van der Waals surface area contributed by atoms with Crippen molar-refractivity contribution < 1.29 is 4.79 Å². The number of fused-ring (bicyclic) bond motifs is 1. The van der Waals surface area contributed by atoms with Gasteiger partial charge in [0.1, 0.15) is 0 Å². The van der Waals surface area contributed by atoms with E-state index in [0.29, 0.717) is 31.2 Å². The monoisotopic (exact) mass is 397 g/mol. The van der Waals surface area contributed by atoms with Crippen molar-refractivity contribution in [3.05, 3.63) is 23.2 Å². The topological polar surface area (TPSA) is 36.4 Å². The van der Waals surface area contributed by atoms with Crippen LogP contribution in [0.3, 0.4) is 0 Å². The first kappa shape index (κ1) is 16.4. The van der Waals surface area contributed by atoms with E-state index < -0.39 is 9.70 Å². The van der Waals surface area contributed by atoms with Crippen molar-refractivity contribution in [2.45, 2.75) is 3.79 Å². The average Bonchev–Trinajstić information content (AvgIpc) is 2.88. The average molecular weight is 399 g/mol. The molecule has 0 aliphatic carbocycles. The van der Waals surface area contributed by atoms with E-state index in [0.717, 1.165) is 15.3 Å². The van der Waals surface area contributed by atoms with Crippen LogP contribution in [-0.2, 0) is 4.79 Å². The van der Waals surface area contributed by atoms with Gasteiger partial charge < -0.3 is 9.80 Å². The highest BCUT2D eigenvalue weighted by atomic mass is 35.6. The predicted octanol–water partition coefficient (Wildman–Crippen LogP) is 3.97. The van der Waals surface area contributed by atoms with Gasteiger partial charge in [-0.3, -0.25) is 4.79 Å². The molecule has 0 N–H and O–H groups in total. The van der Waals surface area contributed by atoms with Gasteiger partial charge in [-0.25, -0.2) is 4.98 Å². The van der Waals surface area contributed by atoms with E-state index in [1.165, 1.54) is 0 Å². The molecular weight excluding hydrogens is 388 g/mol. The number of halogens is 4. The number of carbonyl (C=O) groups excluding carboxylic acids is 1. The van der Waals surface area contributed by atoms with E-state index in [9.17, 15) is 4.79 Å². The highest BCUT2D eigenvalue weighted by Crippen LogP contribution is 2.32. The van der Waals surface area contributed by atoms with Crippen LogP contribution < -0.4 is 4.90 Å². The molecule has 3 rings (SSSR count). The molecule has 1 aromatic heterocycles. The third kappa shape index (κ3) is 3.39. The number of benzene rings is 1. The van der Waals surface area contributed by atoms with Gasteiger partial charge in [0, 0.05) is 31.2 Å². The van der Waals surface area contributed by atoms with Crippen LogP contribution in [0.2, 0.25) is 5.02 Å². The molecule has 0 bridgehead atoms. The number of carbonyl (C=O) groups is 1. The first-order valence-corrected chi connectivity index (χ1v) is 8.84. The second-order valence-electron chi connectivity index (χ2n) is 4.89. The number of thiazole rings is 1. The van der Waals surface area contributed by atoms with E-state index in [1.807, 2.05) is 18.2 Å². The van der Waals surface area contributed by atoms with Crippen molar-refractivity contribution in [2.24, 2.45) is 0 Å². The lowest BCUT2D eigenvalue weighted by atomic mass is 10.3. The lowest BCUT2D eigenvalue weighted by molar-refractivity contribution is -0.130. The Balaban J connectivity index is 1.71. The standard InChI is InChI=1S/C13H11Cl4N3OS/c14-8-1-2-9-10(7-8)22-12(18-9)20-5-3-19(4-6-20)11(21)13(15,16)17/h1-2,7H,3-6H2. The molecule has 1 fully saturated rings. The Morgan fingerprint density at radius 3 is 2.50 bits per heavy atom. The van der Waals surface area contributed by atoms with Crippen molar-refractivity contribution in [1.82, 2.24) is 9.88 Å². The van der Waals surface area contributed by atoms with Crippen molar-refractivity contribution in [3.8, 4) is 0 Å². The molecule has 2 aromatic rings. The summed E-state index contributed by atoms with van der Waals surface area (Å²) in [7, 11) is 0. The number of nitrogens with zero attached hydrogens (tertiary/aromatic N) is 3. The van der Waals surface area contributed by atoms with Crippen LogP contribution in [0.15, 0.2) is 18.2 Å². The molecule has 9 heteroatoms. The minimum atomic E-state index is -1.89. The van der Waals surface area contributed by atoms with E-state index >= 15 is 0 Å². The third-order valence-electron chi connectivity index (χ3n) is 3.42. The Morgan fingerprint density at radius 1 is 1.18 bits per heavy atom. The molecule has 22 heavy (non-hydrogen) atoms. The summed E-state index contributed by atoms with van der Waals surface area (Å²) in [5.74, 6) is -0.478. The van der Waals surface area contributed by atoms with E-state index in [-0.39, 0.29) is 0 Å². The summed E-state index contributed by atoms with van der Waals surface area (Å²) >= 11 is 24.5. The molecule has 1 aliphatic rings. The summed E-state index contributed by atoms with van der Waals surface area (Å²) in [6, 6.07) is 5.63. The van der Waals surface area contributed by atoms with Crippen LogP contribution in [0.5, 0.6) is 0 Å². The van der Waals surface area contributed by atoms with Crippen LogP contribution in [0.25, 0.3) is 10.2 Å². The summed E-state index contributed by atoms with van der Waals surface area (Å²) in [5, 5.41) is 1.61. The van der Waals surface area contributed by atoms with Gasteiger partial charge >= 0.3 is 0 Å². The smallest absolute Gasteiger partial charge is 0.274 e. The maximum absolute atomic E-state index is 11.9. The zero-order valence-corrected chi connectivity index (χ0v) is 15.1. The molecule has 1 amide bonds. The van der Waals surface area contributed by atoms with Gasteiger partial charge in [0.25, 0.3) is 9.70 Å². The molecule has 0 unspecified atom stereocenters. The number of hydrogen-bond acceptors (Lipinski definition) is 4. The van der Waals surface area contributed by atoms with Crippen LogP contribution in [0, 0.1) is 0 Å². The van der Waals surface area contributed by atoms with Gasteiger partial charge in [-0.15, -0.1) is 0 Å². The normalized spacial score (nSPS) is 16.4. The molecule has 1 aliphatic heterocycles. The quantitative estimate of drug-likeness (QED) is 0.682. The molecule has 0 atom stereocenters. The van der Waals surface area contributed by atoms with Crippen molar-refractivity contribution in [1.29, 1.82) is 0 Å². The van der Waals surface area contributed by atoms with Gasteiger partial charge in [-0.1, -0.05) is 57.7 Å². The van der Waals surface area contributed by atoms with Gasteiger partial charge in [0.2, 0.25) is 0 Å². The molecular formula is C13H11Cl4N3OS. The highest BCUT2D eigenvalue weighted by Gasteiger charge is 2.36. The van der Waals surface area contributed by atoms with Gasteiger partial charge in [-0.2, -0.15) is 0 Å². The SMILES string of the molecule is O=C(N1CCN(c2nc3ccc(Cl)cc3s2)CC1)C(Cl)(Cl)Cl. The molecule has 2 heterocycles. The molecule has 0 spiro atoms. The summed E-state index contributed by atoms with van der Waals surface area (Å²) in [5.41, 5.74) is 0.921. The number of alkyl halides is 3. The number of piperazine rings is 1. The lowest BCUT2D eigenvalue weighted by Crippen LogP contribution is -2.51. The number of rotatable bonds is 1. The Kier molecular flexibility index (Phi) is 4.63. The summed E-state index contributed by atoms with van der Waals surface area (Å²) < 4.78 is -0.850. The summed E-state index contributed by atoms with van der Waals surface area (Å²) in [4.78, 5) is 20.2. The van der Waals surface area contributed by atoms with Crippen LogP contribution >= 0.6 is 57.7 Å². The first-order chi connectivity index (χ1) is 10.3. The Hall–Kier alpha value is -0.460. The van der Waals surface area contributed by atoms with Crippen LogP contribution in [0.4, 0.5) is 5.13 Å². The number of amides is 1. The first-order valence-electron chi connectivity index (χ1n) is 6.52. The van der Waals surface area contributed by atoms with E-state index in [4.69, 9.17) is 46.4 Å². The molecule has 1 saturated heterocycles. The molecule has 0 saturated carbocycles. The van der Waals surface area contributed by atoms with Crippen molar-refractivity contribution in [3.63, 3.8) is 0 Å². The maximum Gasteiger partial charge on any atom is 0.274 e. The fourth-order valence-electron chi connectivity index (χ4n) is 2.30. The lowest BCUT2D eigenvalue weighted by Gasteiger charge is -2.35. The predicted molar refractivity (Wildman–Crippen MR) is 93.7 cm³/mol. The molecule has 4 nitrogen and oxygen atoms in total. The van der Waals surface area contributed by atoms with Crippen LogP contribution in [-0.4, -0.2) is 45.8 Å². The van der Waals surface area contributed by atoms with Crippen molar-refractivity contribution in [2.75, 3.05) is 31.1 Å². The summed E-state index contributed by atoms with van der Waals surface area (Å²) in [6.45, 7) is 2.31. The zero-order valence-electron chi connectivity index (χ0n) is 11.2. The fourth-order valence-corrected chi connectivity index (χ4v) is 3.95. The number of hydrogen-bond donors (Lipinski definition) is 0. The van der Waals surface area contributed by atoms with Gasteiger partial charge in [0.15, 0.2) is 5.13 Å². The van der Waals surface area contributed by atoms with E-state index in [1.54, 1.807) is 16.2 Å². The molecule has 1 aromatic carbocycles. The molecule has 118 valence electrons. The number of anilines is 1. The van der Waals surface area contributed by atoms with Gasteiger partial charge in [0.05, 0.1) is 10.2 Å². The Morgan fingerprint density at radius 2 is 1.86 bits per heavy atom. The van der Waals surface area contributed by atoms with Gasteiger partial charge in [-0.05, 0) is 18.2 Å². The second-order valence-corrected chi connectivity index (χ2v) is 8.61. The minimum Gasteiger partial charge on any atom is -0.345 e. The molecule has 0 radical (unpaired) electrons. The third-order valence-corrected chi connectivity index (χ3v) is 5.22. The summed E-state index contributed by atoms with van der Waals surface area (Å²) in [6.07, 6.45) is 0. The van der Waals surface area contributed by atoms with Crippen molar-refractivity contribution >= 4 is 79.0 Å². The minimum absolute atomic E-state index is 0.478. The Bertz CT molecular complexity index is 707. The second kappa shape index (κ2) is 6.21. The van der Waals surface area contributed by atoms with E-state index in [2.05, 4.69) is 9.88 Å². The maximum atomic E-state index is 11.9. The fraction of sp³-hybridized carbons (Fsp3) is 0.385. The largest absolute Gasteiger partial charge is 0.345 e. The number of aromatic nitrogens is 1. The van der Waals surface area contributed by atoms with Crippen LogP contribution in [0.1, 0.15) is 0 Å².